The van der Waals surface area contributed by atoms with E-state index in [0.29, 0.717) is 0 Å². The molecule has 2 rings (SSSR count). The monoisotopic (exact) mass is 331 g/mol. The average Bonchev–Trinajstić information content (AvgIpc) is 2.93. The van der Waals surface area contributed by atoms with E-state index in [4.69, 9.17) is 14.3 Å². The highest BCUT2D eigenvalue weighted by Gasteiger charge is 2.21. The van der Waals surface area contributed by atoms with Crippen molar-refractivity contribution in [1.29, 1.82) is 0 Å². The first-order valence-corrected chi connectivity index (χ1v) is 7.61. The smallest absolute Gasteiger partial charge is 0.328 e. The molecule has 0 saturated heterocycles. The summed E-state index contributed by atoms with van der Waals surface area (Å²) in [5, 5.41) is 12.5. The van der Waals surface area contributed by atoms with Crippen molar-refractivity contribution in [1.82, 2.24) is 5.32 Å². The van der Waals surface area contributed by atoms with Crippen LogP contribution in [0.2, 0.25) is 0 Å². The number of amides is 1. The standard InChI is InChI=1S/C18H21NO5/c1-4-7-23-10-15(18(21)22)19-16(20)8-13-9-24-17-12(3)11(2)5-6-14(13)17/h4-6,9,15H,1,7-8,10H2,2-3H3,(H,19,20)(H,21,22). The van der Waals surface area contributed by atoms with Crippen molar-refractivity contribution in [2.45, 2.75) is 26.3 Å². The first-order valence-electron chi connectivity index (χ1n) is 7.61. The summed E-state index contributed by atoms with van der Waals surface area (Å²) in [4.78, 5) is 23.3. The van der Waals surface area contributed by atoms with Gasteiger partial charge in [0, 0.05) is 10.9 Å². The molecular formula is C18H21NO5. The van der Waals surface area contributed by atoms with Gasteiger partial charge in [-0.25, -0.2) is 4.79 Å². The Morgan fingerprint density at radius 2 is 2.17 bits per heavy atom. The van der Waals surface area contributed by atoms with Crippen LogP contribution in [0, 0.1) is 13.8 Å². The molecule has 128 valence electrons. The number of aliphatic carboxylic acids is 1. The lowest BCUT2D eigenvalue weighted by Gasteiger charge is -2.14. The average molecular weight is 331 g/mol. The minimum atomic E-state index is -1.14. The lowest BCUT2D eigenvalue weighted by molar-refractivity contribution is -0.143. The van der Waals surface area contributed by atoms with E-state index in [1.54, 1.807) is 6.26 Å². The Kier molecular flexibility index (Phi) is 5.76. The third kappa shape index (κ3) is 4.02. The predicted octanol–water partition coefficient (Wildman–Crippen LogP) is 2.36. The van der Waals surface area contributed by atoms with Crippen LogP contribution in [0.25, 0.3) is 11.0 Å². The second-order valence-electron chi connectivity index (χ2n) is 5.61. The van der Waals surface area contributed by atoms with Crippen LogP contribution < -0.4 is 5.32 Å². The summed E-state index contributed by atoms with van der Waals surface area (Å²) >= 11 is 0. The number of aryl methyl sites for hydroxylation is 2. The number of furan rings is 1. The highest BCUT2D eigenvalue weighted by atomic mass is 16.5. The molecule has 2 N–H and O–H groups in total. The van der Waals surface area contributed by atoms with E-state index in [-0.39, 0.29) is 19.6 Å². The van der Waals surface area contributed by atoms with E-state index in [0.717, 1.165) is 27.7 Å². The van der Waals surface area contributed by atoms with Crippen LogP contribution >= 0.6 is 0 Å². The zero-order valence-electron chi connectivity index (χ0n) is 13.8. The second kappa shape index (κ2) is 7.79. The normalized spacial score (nSPS) is 12.1. The maximum Gasteiger partial charge on any atom is 0.328 e. The van der Waals surface area contributed by atoms with Crippen molar-refractivity contribution in [3.8, 4) is 0 Å². The molecule has 1 unspecified atom stereocenters. The molecule has 0 bridgehead atoms. The summed E-state index contributed by atoms with van der Waals surface area (Å²) in [7, 11) is 0. The molecule has 6 heteroatoms. The molecule has 24 heavy (non-hydrogen) atoms. The van der Waals surface area contributed by atoms with Gasteiger partial charge in [-0.05, 0) is 25.0 Å². The molecule has 0 aliphatic rings. The van der Waals surface area contributed by atoms with Gasteiger partial charge < -0.3 is 19.6 Å². The van der Waals surface area contributed by atoms with E-state index in [2.05, 4.69) is 11.9 Å². The van der Waals surface area contributed by atoms with Crippen molar-refractivity contribution >= 4 is 22.8 Å². The minimum Gasteiger partial charge on any atom is -0.480 e. The fourth-order valence-electron chi connectivity index (χ4n) is 2.39. The van der Waals surface area contributed by atoms with Crippen LogP contribution in [0.5, 0.6) is 0 Å². The fourth-order valence-corrected chi connectivity index (χ4v) is 2.39. The zero-order valence-corrected chi connectivity index (χ0v) is 13.8. The number of carboxylic acid groups (broad SMARTS) is 1. The highest BCUT2D eigenvalue weighted by Crippen LogP contribution is 2.26. The number of carbonyl (C=O) groups excluding carboxylic acids is 1. The van der Waals surface area contributed by atoms with Crippen molar-refractivity contribution < 1.29 is 23.8 Å². The number of rotatable bonds is 8. The molecule has 0 saturated carbocycles. The number of carboxylic acids is 1. The third-order valence-corrected chi connectivity index (χ3v) is 3.85. The van der Waals surface area contributed by atoms with Gasteiger partial charge in [0.15, 0.2) is 6.04 Å². The van der Waals surface area contributed by atoms with E-state index < -0.39 is 17.9 Å². The zero-order chi connectivity index (χ0) is 17.7. The van der Waals surface area contributed by atoms with Gasteiger partial charge in [0.25, 0.3) is 0 Å². The lowest BCUT2D eigenvalue weighted by Crippen LogP contribution is -2.44. The molecule has 1 atom stereocenters. The predicted molar refractivity (Wildman–Crippen MR) is 90.0 cm³/mol. The Labute approximate surface area is 140 Å². The molecule has 0 spiro atoms. The first-order chi connectivity index (χ1) is 11.4. The van der Waals surface area contributed by atoms with Crippen LogP contribution in [0.4, 0.5) is 0 Å². The topological polar surface area (TPSA) is 88.8 Å². The lowest BCUT2D eigenvalue weighted by atomic mass is 10.0. The maximum atomic E-state index is 12.2. The summed E-state index contributed by atoms with van der Waals surface area (Å²) in [6.45, 7) is 7.55. The molecular weight excluding hydrogens is 310 g/mol. The Hall–Kier alpha value is -2.60. The molecule has 1 aromatic carbocycles. The Balaban J connectivity index is 2.07. The van der Waals surface area contributed by atoms with Gasteiger partial charge in [-0.1, -0.05) is 18.2 Å². The maximum absolute atomic E-state index is 12.2. The van der Waals surface area contributed by atoms with Gasteiger partial charge in [-0.15, -0.1) is 6.58 Å². The fraction of sp³-hybridized carbons (Fsp3) is 0.333. The highest BCUT2D eigenvalue weighted by molar-refractivity contribution is 5.91. The van der Waals surface area contributed by atoms with E-state index in [1.807, 2.05) is 26.0 Å². The Morgan fingerprint density at radius 3 is 2.83 bits per heavy atom. The number of hydrogen-bond donors (Lipinski definition) is 2. The van der Waals surface area contributed by atoms with Crippen LogP contribution in [0.1, 0.15) is 16.7 Å². The van der Waals surface area contributed by atoms with Gasteiger partial charge in [0.05, 0.1) is 25.9 Å². The first kappa shape index (κ1) is 17.7. The summed E-state index contributed by atoms with van der Waals surface area (Å²) < 4.78 is 10.7. The van der Waals surface area contributed by atoms with Gasteiger partial charge >= 0.3 is 5.97 Å². The van der Waals surface area contributed by atoms with Crippen molar-refractivity contribution in [3.63, 3.8) is 0 Å². The number of benzene rings is 1. The summed E-state index contributed by atoms with van der Waals surface area (Å²) in [6.07, 6.45) is 3.10. The third-order valence-electron chi connectivity index (χ3n) is 3.85. The van der Waals surface area contributed by atoms with Crippen LogP contribution in [0.15, 0.2) is 35.5 Å². The molecule has 0 radical (unpaired) electrons. The van der Waals surface area contributed by atoms with E-state index >= 15 is 0 Å². The number of nitrogens with one attached hydrogen (secondary N) is 1. The Morgan fingerprint density at radius 1 is 1.42 bits per heavy atom. The van der Waals surface area contributed by atoms with Crippen LogP contribution in [-0.4, -0.2) is 36.2 Å². The van der Waals surface area contributed by atoms with Crippen molar-refractivity contribution in [2.24, 2.45) is 0 Å². The summed E-state index contributed by atoms with van der Waals surface area (Å²) in [5.74, 6) is -1.54. The second-order valence-corrected chi connectivity index (χ2v) is 5.61. The van der Waals surface area contributed by atoms with Crippen molar-refractivity contribution in [2.75, 3.05) is 13.2 Å². The number of fused-ring (bicyclic) bond motifs is 1. The molecule has 6 nitrogen and oxygen atoms in total. The molecule has 1 aromatic heterocycles. The SMILES string of the molecule is C=CCOCC(NC(=O)Cc1coc2c(C)c(C)ccc12)C(=O)O. The van der Waals surface area contributed by atoms with Gasteiger partial charge in [-0.2, -0.15) is 0 Å². The molecule has 1 heterocycles. The summed E-state index contributed by atoms with van der Waals surface area (Å²) in [5.41, 5.74) is 3.61. The molecule has 0 fully saturated rings. The molecule has 2 aromatic rings. The summed E-state index contributed by atoms with van der Waals surface area (Å²) in [6, 6.07) is 2.78. The van der Waals surface area contributed by atoms with Crippen LogP contribution in [-0.2, 0) is 20.7 Å². The number of hydrogen-bond acceptors (Lipinski definition) is 4. The largest absolute Gasteiger partial charge is 0.480 e. The van der Waals surface area contributed by atoms with Gasteiger partial charge in [0.1, 0.15) is 5.58 Å². The van der Waals surface area contributed by atoms with E-state index in [9.17, 15) is 9.59 Å². The van der Waals surface area contributed by atoms with Gasteiger partial charge in [-0.3, -0.25) is 4.79 Å². The minimum absolute atomic E-state index is 0.0424. The molecule has 0 aliphatic heterocycles. The van der Waals surface area contributed by atoms with Crippen LogP contribution in [0.3, 0.4) is 0 Å². The quantitative estimate of drug-likeness (QED) is 0.572. The van der Waals surface area contributed by atoms with E-state index in [1.165, 1.54) is 6.08 Å². The molecule has 1 amide bonds. The number of carbonyl (C=O) groups is 2. The molecule has 0 aliphatic carbocycles. The van der Waals surface area contributed by atoms with Crippen molar-refractivity contribution in [3.05, 3.63) is 47.7 Å². The number of ether oxygens (including phenoxy) is 1. The Bertz CT molecular complexity index is 762. The van der Waals surface area contributed by atoms with Gasteiger partial charge in [0.2, 0.25) is 5.91 Å².